The summed E-state index contributed by atoms with van der Waals surface area (Å²) in [6, 6.07) is 2.42. The third-order valence-electron chi connectivity index (χ3n) is 3.13. The lowest BCUT2D eigenvalue weighted by Gasteiger charge is -2.29. The Morgan fingerprint density at radius 1 is 1.56 bits per heavy atom. The maximum absolute atomic E-state index is 5.66. The quantitative estimate of drug-likeness (QED) is 0.582. The van der Waals surface area contributed by atoms with E-state index in [1.165, 1.54) is 0 Å². The summed E-state index contributed by atoms with van der Waals surface area (Å²) in [6.45, 7) is 6.08. The van der Waals surface area contributed by atoms with E-state index in [0.717, 1.165) is 12.1 Å². The molecule has 2 atom stereocenters. The first-order valence-electron chi connectivity index (χ1n) is 6.40. The number of hydrogen-bond acceptors (Lipinski definition) is 5. The first-order valence-corrected chi connectivity index (χ1v) is 6.40. The van der Waals surface area contributed by atoms with Gasteiger partial charge in [-0.05, 0) is 19.9 Å². The van der Waals surface area contributed by atoms with Crippen LogP contribution in [0.2, 0.25) is 0 Å². The van der Waals surface area contributed by atoms with E-state index in [1.54, 1.807) is 0 Å². The normalized spacial score (nSPS) is 22.3. The first kappa shape index (κ1) is 13.5. The Labute approximate surface area is 107 Å². The predicted molar refractivity (Wildman–Crippen MR) is 68.0 cm³/mol. The number of aromatic nitrogens is 2. The van der Waals surface area contributed by atoms with Crippen molar-refractivity contribution in [3.63, 3.8) is 0 Å². The zero-order valence-electron chi connectivity index (χ0n) is 11.0. The minimum Gasteiger partial charge on any atom is -0.376 e. The fourth-order valence-electron chi connectivity index (χ4n) is 2.04. The predicted octanol–water partition coefficient (Wildman–Crippen LogP) is 0.254. The van der Waals surface area contributed by atoms with Gasteiger partial charge in [-0.15, -0.1) is 0 Å². The molecule has 1 fully saturated rings. The minimum atomic E-state index is -0.00653. The van der Waals surface area contributed by atoms with Crippen molar-refractivity contribution in [2.45, 2.75) is 38.5 Å². The van der Waals surface area contributed by atoms with Crippen molar-refractivity contribution >= 4 is 0 Å². The van der Waals surface area contributed by atoms with Gasteiger partial charge in [0.15, 0.2) is 0 Å². The second-order valence-electron chi connectivity index (χ2n) is 4.84. The third-order valence-corrected chi connectivity index (χ3v) is 3.13. The monoisotopic (exact) mass is 254 g/mol. The first-order chi connectivity index (χ1) is 8.70. The van der Waals surface area contributed by atoms with Crippen LogP contribution in [0.3, 0.4) is 0 Å². The molecule has 2 unspecified atom stereocenters. The molecule has 1 aliphatic heterocycles. The van der Waals surface area contributed by atoms with E-state index >= 15 is 0 Å². The smallest absolute Gasteiger partial charge is 0.0979 e. The van der Waals surface area contributed by atoms with Gasteiger partial charge < -0.3 is 9.47 Å². The zero-order valence-corrected chi connectivity index (χ0v) is 11.0. The lowest BCUT2D eigenvalue weighted by molar-refractivity contribution is -0.101. The van der Waals surface area contributed by atoms with E-state index in [9.17, 15) is 0 Å². The highest BCUT2D eigenvalue weighted by atomic mass is 16.6. The van der Waals surface area contributed by atoms with Crippen LogP contribution in [0, 0.1) is 0 Å². The highest BCUT2D eigenvalue weighted by Gasteiger charge is 2.25. The molecular weight excluding hydrogens is 232 g/mol. The van der Waals surface area contributed by atoms with Gasteiger partial charge in [0.2, 0.25) is 0 Å². The van der Waals surface area contributed by atoms with Crippen molar-refractivity contribution in [3.8, 4) is 0 Å². The zero-order chi connectivity index (χ0) is 13.0. The molecule has 1 aromatic heterocycles. The summed E-state index contributed by atoms with van der Waals surface area (Å²) < 4.78 is 13.0. The van der Waals surface area contributed by atoms with Gasteiger partial charge in [0.25, 0.3) is 0 Å². The van der Waals surface area contributed by atoms with Crippen LogP contribution >= 0.6 is 0 Å². The average Bonchev–Trinajstić information content (AvgIpc) is 2.86. The molecule has 0 aliphatic carbocycles. The number of hydrazine groups is 1. The third kappa shape index (κ3) is 3.29. The van der Waals surface area contributed by atoms with Gasteiger partial charge in [0.05, 0.1) is 37.7 Å². The van der Waals surface area contributed by atoms with Gasteiger partial charge in [0.1, 0.15) is 0 Å². The largest absolute Gasteiger partial charge is 0.376 e. The molecule has 1 aliphatic rings. The van der Waals surface area contributed by atoms with Crippen molar-refractivity contribution in [2.24, 2.45) is 5.84 Å². The second kappa shape index (κ2) is 6.29. The van der Waals surface area contributed by atoms with Crippen LogP contribution in [0.4, 0.5) is 0 Å². The molecule has 0 saturated carbocycles. The Morgan fingerprint density at radius 3 is 2.94 bits per heavy atom. The van der Waals surface area contributed by atoms with Crippen LogP contribution in [0.15, 0.2) is 12.3 Å². The lowest BCUT2D eigenvalue weighted by atomic mass is 10.1. The fourth-order valence-corrected chi connectivity index (χ4v) is 2.04. The molecule has 0 aromatic carbocycles. The summed E-state index contributed by atoms with van der Waals surface area (Å²) in [7, 11) is 0. The highest BCUT2D eigenvalue weighted by molar-refractivity contribution is 5.03. The summed E-state index contributed by atoms with van der Waals surface area (Å²) in [4.78, 5) is 0. The van der Waals surface area contributed by atoms with Crippen molar-refractivity contribution in [3.05, 3.63) is 18.0 Å². The molecule has 0 radical (unpaired) electrons. The summed E-state index contributed by atoms with van der Waals surface area (Å²) in [5.74, 6) is 5.60. The summed E-state index contributed by atoms with van der Waals surface area (Å²) >= 11 is 0. The Bertz CT molecular complexity index is 361. The minimum absolute atomic E-state index is 0.00653. The Balaban J connectivity index is 1.95. The van der Waals surface area contributed by atoms with E-state index in [-0.39, 0.29) is 12.1 Å². The molecule has 0 spiro atoms. The van der Waals surface area contributed by atoms with Gasteiger partial charge in [-0.25, -0.2) is 0 Å². The van der Waals surface area contributed by atoms with Crippen LogP contribution in [-0.2, 0) is 15.9 Å². The van der Waals surface area contributed by atoms with Crippen molar-refractivity contribution in [2.75, 3.05) is 19.8 Å². The molecule has 2 heterocycles. The molecule has 1 saturated heterocycles. The van der Waals surface area contributed by atoms with Crippen LogP contribution in [0.5, 0.6) is 0 Å². The number of ether oxygens (including phenoxy) is 2. The van der Waals surface area contributed by atoms with Gasteiger partial charge in [-0.1, -0.05) is 0 Å². The summed E-state index contributed by atoms with van der Waals surface area (Å²) in [6.07, 6.45) is 2.73. The van der Waals surface area contributed by atoms with Crippen LogP contribution < -0.4 is 11.3 Å². The SMILES string of the molecule is CC(C)n1ccc(CC(NN)C2COCCO2)n1. The molecule has 2 rings (SSSR count). The van der Waals surface area contributed by atoms with Gasteiger partial charge in [-0.3, -0.25) is 16.0 Å². The highest BCUT2D eigenvalue weighted by Crippen LogP contribution is 2.11. The van der Waals surface area contributed by atoms with Gasteiger partial charge in [0, 0.05) is 18.7 Å². The number of rotatable bonds is 5. The van der Waals surface area contributed by atoms with E-state index in [4.69, 9.17) is 15.3 Å². The van der Waals surface area contributed by atoms with Crippen LogP contribution in [0.1, 0.15) is 25.6 Å². The number of nitrogens with two attached hydrogens (primary N) is 1. The Morgan fingerprint density at radius 2 is 2.39 bits per heavy atom. The second-order valence-corrected chi connectivity index (χ2v) is 4.84. The average molecular weight is 254 g/mol. The van der Waals surface area contributed by atoms with Crippen LogP contribution in [-0.4, -0.2) is 41.7 Å². The van der Waals surface area contributed by atoms with Gasteiger partial charge >= 0.3 is 0 Å². The molecule has 18 heavy (non-hydrogen) atoms. The number of nitrogens with zero attached hydrogens (tertiary/aromatic N) is 2. The number of nitrogens with one attached hydrogen (secondary N) is 1. The van der Waals surface area contributed by atoms with Crippen molar-refractivity contribution < 1.29 is 9.47 Å². The van der Waals surface area contributed by atoms with Crippen LogP contribution in [0.25, 0.3) is 0 Å². The van der Waals surface area contributed by atoms with Crippen molar-refractivity contribution in [1.29, 1.82) is 0 Å². The molecule has 3 N–H and O–H groups in total. The Kier molecular flexibility index (Phi) is 4.71. The molecule has 0 amide bonds. The summed E-state index contributed by atoms with van der Waals surface area (Å²) in [5, 5.41) is 4.52. The van der Waals surface area contributed by atoms with E-state index in [1.807, 2.05) is 16.9 Å². The molecule has 1 aromatic rings. The Hall–Kier alpha value is -0.950. The topological polar surface area (TPSA) is 74.3 Å². The summed E-state index contributed by atoms with van der Waals surface area (Å²) in [5.41, 5.74) is 3.82. The molecule has 6 heteroatoms. The molecule has 102 valence electrons. The van der Waals surface area contributed by atoms with E-state index < -0.39 is 0 Å². The molecular formula is C12H22N4O2. The maximum Gasteiger partial charge on any atom is 0.0979 e. The molecule has 6 nitrogen and oxygen atoms in total. The maximum atomic E-state index is 5.66. The van der Waals surface area contributed by atoms with Gasteiger partial charge in [-0.2, -0.15) is 5.10 Å². The number of hydrogen-bond donors (Lipinski definition) is 2. The molecule has 0 bridgehead atoms. The fraction of sp³-hybridized carbons (Fsp3) is 0.750. The lowest BCUT2D eigenvalue weighted by Crippen LogP contribution is -2.50. The van der Waals surface area contributed by atoms with E-state index in [2.05, 4.69) is 24.4 Å². The van der Waals surface area contributed by atoms with Crippen molar-refractivity contribution in [1.82, 2.24) is 15.2 Å². The van der Waals surface area contributed by atoms with E-state index in [0.29, 0.717) is 25.9 Å². The standard InChI is InChI=1S/C12H22N4O2/c1-9(2)16-4-3-10(15-16)7-11(14-13)12-8-17-5-6-18-12/h3-4,9,11-12,14H,5-8,13H2,1-2H3.